The van der Waals surface area contributed by atoms with Gasteiger partial charge in [-0.05, 0) is 61.3 Å². The molecule has 1 atom stereocenters. The van der Waals surface area contributed by atoms with Gasteiger partial charge in [0.1, 0.15) is 5.75 Å². The standard InChI is InChI=1S/C22H28N2O4S/c1-28-19-11-7-17(8-12-19)21-6-4-3-5-15-24(21)16-22(25)23-18-9-13-20(14-10-18)29(2,26)27/h7-14,21H,3-6,15-16H2,1-2H3,(H,23,25). The van der Waals surface area contributed by atoms with Crippen LogP contribution in [0.3, 0.4) is 0 Å². The van der Waals surface area contributed by atoms with Gasteiger partial charge in [-0.1, -0.05) is 25.0 Å². The van der Waals surface area contributed by atoms with Crippen LogP contribution in [0.25, 0.3) is 0 Å². The Morgan fingerprint density at radius 2 is 1.76 bits per heavy atom. The van der Waals surface area contributed by atoms with Crippen molar-refractivity contribution in [2.45, 2.75) is 36.6 Å². The molecule has 1 N–H and O–H groups in total. The highest BCUT2D eigenvalue weighted by atomic mass is 32.2. The monoisotopic (exact) mass is 416 g/mol. The molecule has 0 aliphatic carbocycles. The molecule has 0 radical (unpaired) electrons. The molecule has 0 bridgehead atoms. The zero-order valence-corrected chi connectivity index (χ0v) is 17.7. The number of likely N-dealkylation sites (tertiary alicyclic amines) is 1. The van der Waals surface area contributed by atoms with Crippen LogP contribution in [-0.4, -0.2) is 45.7 Å². The molecule has 1 unspecified atom stereocenters. The van der Waals surface area contributed by atoms with Crippen LogP contribution >= 0.6 is 0 Å². The topological polar surface area (TPSA) is 75.7 Å². The number of benzene rings is 2. The number of sulfone groups is 1. The summed E-state index contributed by atoms with van der Waals surface area (Å²) in [6, 6.07) is 14.5. The molecule has 29 heavy (non-hydrogen) atoms. The average Bonchev–Trinajstić information content (AvgIpc) is 2.93. The molecule has 1 aliphatic heterocycles. The number of carbonyl (C=O) groups excluding carboxylic acids is 1. The molecule has 156 valence electrons. The second-order valence-corrected chi connectivity index (χ2v) is 9.47. The summed E-state index contributed by atoms with van der Waals surface area (Å²) in [6.45, 7) is 1.17. The Labute approximate surface area is 172 Å². The van der Waals surface area contributed by atoms with Crippen molar-refractivity contribution in [3.05, 3.63) is 54.1 Å². The lowest BCUT2D eigenvalue weighted by Gasteiger charge is -2.29. The quantitative estimate of drug-likeness (QED) is 0.778. The van der Waals surface area contributed by atoms with Gasteiger partial charge in [0.25, 0.3) is 0 Å². The molecular formula is C22H28N2O4S. The third-order valence-corrected chi connectivity index (χ3v) is 6.41. The Bertz CT molecular complexity index is 924. The fourth-order valence-corrected chi connectivity index (χ4v) is 4.36. The molecule has 7 heteroatoms. The summed E-state index contributed by atoms with van der Waals surface area (Å²) >= 11 is 0. The molecule has 1 aliphatic rings. The van der Waals surface area contributed by atoms with Crippen LogP contribution < -0.4 is 10.1 Å². The van der Waals surface area contributed by atoms with Crippen molar-refractivity contribution in [2.24, 2.45) is 0 Å². The normalized spacial score (nSPS) is 18.1. The van der Waals surface area contributed by atoms with Gasteiger partial charge in [0.15, 0.2) is 9.84 Å². The van der Waals surface area contributed by atoms with Crippen molar-refractivity contribution < 1.29 is 17.9 Å². The first-order valence-corrected chi connectivity index (χ1v) is 11.7. The van der Waals surface area contributed by atoms with E-state index in [0.29, 0.717) is 12.2 Å². The molecule has 6 nitrogen and oxygen atoms in total. The maximum absolute atomic E-state index is 12.7. The van der Waals surface area contributed by atoms with Crippen molar-refractivity contribution >= 4 is 21.4 Å². The fraction of sp³-hybridized carbons (Fsp3) is 0.409. The van der Waals surface area contributed by atoms with E-state index in [1.165, 1.54) is 24.0 Å². The predicted molar refractivity (Wildman–Crippen MR) is 114 cm³/mol. The minimum atomic E-state index is -3.25. The zero-order valence-electron chi connectivity index (χ0n) is 16.9. The number of methoxy groups -OCH3 is 1. The van der Waals surface area contributed by atoms with Gasteiger partial charge in [-0.3, -0.25) is 9.69 Å². The number of nitrogens with one attached hydrogen (secondary N) is 1. The number of hydrogen-bond donors (Lipinski definition) is 1. The summed E-state index contributed by atoms with van der Waals surface area (Å²) in [5.74, 6) is 0.724. The van der Waals surface area contributed by atoms with E-state index in [2.05, 4.69) is 22.3 Å². The second-order valence-electron chi connectivity index (χ2n) is 7.45. The van der Waals surface area contributed by atoms with E-state index in [9.17, 15) is 13.2 Å². The van der Waals surface area contributed by atoms with E-state index in [1.807, 2.05) is 12.1 Å². The lowest BCUT2D eigenvalue weighted by Crippen LogP contribution is -2.36. The van der Waals surface area contributed by atoms with Crippen molar-refractivity contribution in [2.75, 3.05) is 31.8 Å². The van der Waals surface area contributed by atoms with Crippen molar-refractivity contribution in [1.82, 2.24) is 4.90 Å². The lowest BCUT2D eigenvalue weighted by molar-refractivity contribution is -0.117. The van der Waals surface area contributed by atoms with E-state index in [0.717, 1.165) is 38.0 Å². The van der Waals surface area contributed by atoms with Crippen LogP contribution in [0.5, 0.6) is 5.75 Å². The van der Waals surface area contributed by atoms with Gasteiger partial charge in [-0.15, -0.1) is 0 Å². The van der Waals surface area contributed by atoms with Gasteiger partial charge in [0.05, 0.1) is 18.6 Å². The van der Waals surface area contributed by atoms with Crippen LogP contribution in [0.4, 0.5) is 5.69 Å². The van der Waals surface area contributed by atoms with E-state index >= 15 is 0 Å². The fourth-order valence-electron chi connectivity index (χ4n) is 3.73. The summed E-state index contributed by atoms with van der Waals surface area (Å²) in [4.78, 5) is 15.1. The van der Waals surface area contributed by atoms with E-state index < -0.39 is 9.84 Å². The molecule has 0 spiro atoms. The zero-order chi connectivity index (χ0) is 20.9. The molecule has 2 aromatic carbocycles. The number of nitrogens with zero attached hydrogens (tertiary/aromatic N) is 1. The molecule has 1 amide bonds. The van der Waals surface area contributed by atoms with Gasteiger partial charge in [0, 0.05) is 18.0 Å². The Hall–Kier alpha value is -2.38. The molecule has 2 aromatic rings. The van der Waals surface area contributed by atoms with Crippen molar-refractivity contribution in [3.63, 3.8) is 0 Å². The van der Waals surface area contributed by atoms with Gasteiger partial charge in [0.2, 0.25) is 5.91 Å². The summed E-state index contributed by atoms with van der Waals surface area (Å²) in [5, 5.41) is 2.88. The van der Waals surface area contributed by atoms with Gasteiger partial charge < -0.3 is 10.1 Å². The van der Waals surface area contributed by atoms with Gasteiger partial charge in [-0.2, -0.15) is 0 Å². The highest BCUT2D eigenvalue weighted by Gasteiger charge is 2.24. The van der Waals surface area contributed by atoms with Crippen LogP contribution in [0.1, 0.15) is 37.3 Å². The van der Waals surface area contributed by atoms with Crippen LogP contribution in [0.15, 0.2) is 53.4 Å². The van der Waals surface area contributed by atoms with E-state index in [-0.39, 0.29) is 16.8 Å². The summed E-state index contributed by atoms with van der Waals surface area (Å²) < 4.78 is 28.4. The molecule has 1 heterocycles. The Balaban J connectivity index is 1.68. The summed E-state index contributed by atoms with van der Waals surface area (Å²) in [5.41, 5.74) is 1.79. The second kappa shape index (κ2) is 9.41. The number of carbonyl (C=O) groups is 1. The smallest absolute Gasteiger partial charge is 0.238 e. The van der Waals surface area contributed by atoms with Gasteiger partial charge in [-0.25, -0.2) is 8.42 Å². The third-order valence-electron chi connectivity index (χ3n) is 5.28. The van der Waals surface area contributed by atoms with E-state index in [1.54, 1.807) is 19.2 Å². The largest absolute Gasteiger partial charge is 0.497 e. The molecule has 0 saturated carbocycles. The highest BCUT2D eigenvalue weighted by Crippen LogP contribution is 2.31. The first-order valence-electron chi connectivity index (χ1n) is 9.85. The first kappa shape index (κ1) is 21.3. The van der Waals surface area contributed by atoms with E-state index in [4.69, 9.17) is 4.74 Å². The molecule has 1 fully saturated rings. The lowest BCUT2D eigenvalue weighted by atomic mass is 10.0. The number of anilines is 1. The summed E-state index contributed by atoms with van der Waals surface area (Å²) in [7, 11) is -1.60. The van der Waals surface area contributed by atoms with Crippen LogP contribution in [0, 0.1) is 0 Å². The Kier molecular flexibility index (Phi) is 6.92. The molecule has 3 rings (SSSR count). The Morgan fingerprint density at radius 1 is 1.07 bits per heavy atom. The number of rotatable bonds is 6. The third kappa shape index (κ3) is 5.81. The molecular weight excluding hydrogens is 388 g/mol. The number of amides is 1. The van der Waals surface area contributed by atoms with Crippen molar-refractivity contribution in [1.29, 1.82) is 0 Å². The summed E-state index contributed by atoms with van der Waals surface area (Å²) in [6.07, 6.45) is 5.56. The van der Waals surface area contributed by atoms with Crippen LogP contribution in [0.2, 0.25) is 0 Å². The molecule has 1 saturated heterocycles. The van der Waals surface area contributed by atoms with Gasteiger partial charge >= 0.3 is 0 Å². The maximum Gasteiger partial charge on any atom is 0.238 e. The Morgan fingerprint density at radius 3 is 2.38 bits per heavy atom. The number of hydrogen-bond acceptors (Lipinski definition) is 5. The average molecular weight is 417 g/mol. The SMILES string of the molecule is COc1ccc(C2CCCCCN2CC(=O)Nc2ccc(S(C)(=O)=O)cc2)cc1. The maximum atomic E-state index is 12.7. The highest BCUT2D eigenvalue weighted by molar-refractivity contribution is 7.90. The van der Waals surface area contributed by atoms with Crippen molar-refractivity contribution in [3.8, 4) is 5.75 Å². The number of ether oxygens (including phenoxy) is 1. The first-order chi connectivity index (χ1) is 13.9. The van der Waals surface area contributed by atoms with Crippen LogP contribution in [-0.2, 0) is 14.6 Å². The minimum absolute atomic E-state index is 0.0995. The molecule has 0 aromatic heterocycles. The minimum Gasteiger partial charge on any atom is -0.497 e. The predicted octanol–water partition coefficient (Wildman–Crippen LogP) is 3.65.